The van der Waals surface area contributed by atoms with Crippen LogP contribution in [-0.4, -0.2) is 32.3 Å². The molecule has 1 aromatic carbocycles. The summed E-state index contributed by atoms with van der Waals surface area (Å²) in [4.78, 5) is 0. The first kappa shape index (κ1) is 15.2. The Bertz CT molecular complexity index is 382. The predicted molar refractivity (Wildman–Crippen MR) is 79.0 cm³/mol. The average Bonchev–Trinajstić information content (AvgIpc) is 2.37. The minimum absolute atomic E-state index is 0.507. The summed E-state index contributed by atoms with van der Waals surface area (Å²) in [6.07, 6.45) is 2.12. The Kier molecular flexibility index (Phi) is 6.36. The minimum Gasteiger partial charge on any atom is -0.493 e. The van der Waals surface area contributed by atoms with Gasteiger partial charge in [0.05, 0.1) is 14.2 Å². The van der Waals surface area contributed by atoms with Gasteiger partial charge < -0.3 is 14.8 Å². The van der Waals surface area contributed by atoms with Gasteiger partial charge in [-0.25, -0.2) is 0 Å². The molecule has 0 bridgehead atoms. The summed E-state index contributed by atoms with van der Waals surface area (Å²) in [7, 11) is 3.33. The number of methoxy groups -OCH3 is 2. The lowest BCUT2D eigenvalue weighted by molar-refractivity contribution is 0.354. The molecule has 1 N–H and O–H groups in total. The van der Waals surface area contributed by atoms with Crippen LogP contribution in [0, 0.1) is 6.92 Å². The zero-order valence-electron chi connectivity index (χ0n) is 11.9. The zero-order chi connectivity index (χ0) is 13.5. The molecule has 0 aliphatic carbocycles. The fraction of sp³-hybridized carbons (Fsp3) is 0.571. The third-order valence-corrected chi connectivity index (χ3v) is 3.73. The van der Waals surface area contributed by atoms with E-state index >= 15 is 0 Å². The van der Waals surface area contributed by atoms with Gasteiger partial charge in [-0.15, -0.1) is 0 Å². The highest BCUT2D eigenvalue weighted by molar-refractivity contribution is 7.98. The molecule has 0 saturated carbocycles. The van der Waals surface area contributed by atoms with E-state index < -0.39 is 0 Å². The van der Waals surface area contributed by atoms with Crippen molar-refractivity contribution in [2.45, 2.75) is 26.4 Å². The van der Waals surface area contributed by atoms with Crippen LogP contribution >= 0.6 is 11.8 Å². The van der Waals surface area contributed by atoms with Gasteiger partial charge in [0.15, 0.2) is 11.5 Å². The molecule has 0 aromatic heterocycles. The average molecular weight is 269 g/mol. The maximum absolute atomic E-state index is 5.33. The van der Waals surface area contributed by atoms with Crippen molar-refractivity contribution in [2.75, 3.05) is 26.2 Å². The van der Waals surface area contributed by atoms with Crippen LogP contribution < -0.4 is 14.8 Å². The number of aryl methyl sites for hydroxylation is 1. The first-order valence-electron chi connectivity index (χ1n) is 6.06. The summed E-state index contributed by atoms with van der Waals surface area (Å²) >= 11 is 1.86. The maximum Gasteiger partial charge on any atom is 0.161 e. The van der Waals surface area contributed by atoms with Gasteiger partial charge in [0.2, 0.25) is 0 Å². The van der Waals surface area contributed by atoms with Crippen molar-refractivity contribution in [1.29, 1.82) is 0 Å². The van der Waals surface area contributed by atoms with E-state index in [1.54, 1.807) is 14.2 Å². The molecule has 0 aliphatic heterocycles. The van der Waals surface area contributed by atoms with Gasteiger partial charge >= 0.3 is 0 Å². The Morgan fingerprint density at radius 2 is 1.83 bits per heavy atom. The lowest BCUT2D eigenvalue weighted by atomic mass is 10.1. The molecule has 1 aromatic rings. The highest BCUT2D eigenvalue weighted by atomic mass is 32.2. The summed E-state index contributed by atoms with van der Waals surface area (Å²) < 4.78 is 10.6. The standard InChI is InChI=1S/C14H23NO2S/c1-10-6-13(16-3)14(17-4)7-12(10)8-15-11(2)9-18-5/h6-7,11,15H,8-9H2,1-5H3/t11-/m0/s1. The highest BCUT2D eigenvalue weighted by Gasteiger charge is 2.09. The quantitative estimate of drug-likeness (QED) is 0.824. The van der Waals surface area contributed by atoms with Crippen molar-refractivity contribution >= 4 is 11.8 Å². The lowest BCUT2D eigenvalue weighted by Crippen LogP contribution is -2.27. The van der Waals surface area contributed by atoms with E-state index in [1.165, 1.54) is 11.1 Å². The van der Waals surface area contributed by atoms with E-state index in [2.05, 4.69) is 25.4 Å². The summed E-state index contributed by atoms with van der Waals surface area (Å²) in [5.74, 6) is 2.69. The summed E-state index contributed by atoms with van der Waals surface area (Å²) in [5.41, 5.74) is 2.47. The van der Waals surface area contributed by atoms with E-state index in [0.29, 0.717) is 6.04 Å². The van der Waals surface area contributed by atoms with Crippen LogP contribution in [0.5, 0.6) is 11.5 Å². The molecule has 1 rings (SSSR count). The zero-order valence-corrected chi connectivity index (χ0v) is 12.7. The predicted octanol–water partition coefficient (Wildman–Crippen LogP) is 2.85. The van der Waals surface area contributed by atoms with Gasteiger partial charge in [-0.1, -0.05) is 0 Å². The maximum atomic E-state index is 5.33. The fourth-order valence-electron chi connectivity index (χ4n) is 1.81. The molecule has 3 nitrogen and oxygen atoms in total. The Balaban J connectivity index is 2.76. The molecule has 0 spiro atoms. The molecule has 4 heteroatoms. The fourth-order valence-corrected chi connectivity index (χ4v) is 2.42. The lowest BCUT2D eigenvalue weighted by Gasteiger charge is -2.16. The SMILES string of the molecule is COc1cc(C)c(CN[C@@H](C)CSC)cc1OC. The van der Waals surface area contributed by atoms with Crippen LogP contribution in [-0.2, 0) is 6.54 Å². The molecule has 0 aliphatic rings. The van der Waals surface area contributed by atoms with Gasteiger partial charge in [-0.3, -0.25) is 0 Å². The van der Waals surface area contributed by atoms with Crippen molar-refractivity contribution in [2.24, 2.45) is 0 Å². The van der Waals surface area contributed by atoms with Crippen molar-refractivity contribution in [3.8, 4) is 11.5 Å². The van der Waals surface area contributed by atoms with Crippen LogP contribution in [0.1, 0.15) is 18.1 Å². The molecule has 0 fully saturated rings. The first-order valence-corrected chi connectivity index (χ1v) is 7.45. The second-order valence-corrected chi connectivity index (χ2v) is 5.28. The topological polar surface area (TPSA) is 30.5 Å². The Labute approximate surface area is 114 Å². The van der Waals surface area contributed by atoms with E-state index in [-0.39, 0.29) is 0 Å². The normalized spacial score (nSPS) is 12.3. The van der Waals surface area contributed by atoms with Crippen LogP contribution in [0.25, 0.3) is 0 Å². The Morgan fingerprint density at radius 1 is 1.22 bits per heavy atom. The van der Waals surface area contributed by atoms with Gasteiger partial charge in [-0.05, 0) is 43.4 Å². The molecule has 0 radical (unpaired) electrons. The molecule has 0 heterocycles. The number of thioether (sulfide) groups is 1. The number of hydrogen-bond donors (Lipinski definition) is 1. The molecule has 18 heavy (non-hydrogen) atoms. The first-order chi connectivity index (χ1) is 8.62. The highest BCUT2D eigenvalue weighted by Crippen LogP contribution is 2.30. The van der Waals surface area contributed by atoms with Crippen molar-refractivity contribution in [3.05, 3.63) is 23.3 Å². The van der Waals surface area contributed by atoms with Crippen LogP contribution in [0.3, 0.4) is 0 Å². The van der Waals surface area contributed by atoms with Crippen molar-refractivity contribution in [1.82, 2.24) is 5.32 Å². The molecule has 0 amide bonds. The third kappa shape index (κ3) is 4.10. The smallest absolute Gasteiger partial charge is 0.161 e. The number of nitrogens with one attached hydrogen (secondary N) is 1. The molecule has 0 saturated heterocycles. The van der Waals surface area contributed by atoms with Crippen molar-refractivity contribution in [3.63, 3.8) is 0 Å². The second-order valence-electron chi connectivity index (χ2n) is 4.37. The van der Waals surface area contributed by atoms with Gasteiger partial charge in [0, 0.05) is 18.3 Å². The number of hydrogen-bond acceptors (Lipinski definition) is 4. The molecule has 102 valence electrons. The van der Waals surface area contributed by atoms with E-state index in [0.717, 1.165) is 23.8 Å². The van der Waals surface area contributed by atoms with Crippen molar-refractivity contribution < 1.29 is 9.47 Å². The Morgan fingerprint density at radius 3 is 2.39 bits per heavy atom. The largest absolute Gasteiger partial charge is 0.493 e. The van der Waals surface area contributed by atoms with E-state index in [9.17, 15) is 0 Å². The van der Waals surface area contributed by atoms with Gasteiger partial charge in [0.1, 0.15) is 0 Å². The molecule has 1 atom stereocenters. The van der Waals surface area contributed by atoms with E-state index in [4.69, 9.17) is 9.47 Å². The number of ether oxygens (including phenoxy) is 2. The van der Waals surface area contributed by atoms with Crippen LogP contribution in [0.2, 0.25) is 0 Å². The Hall–Kier alpha value is -0.870. The summed E-state index contributed by atoms with van der Waals surface area (Å²) in [6.45, 7) is 5.15. The summed E-state index contributed by atoms with van der Waals surface area (Å²) in [5, 5.41) is 3.51. The molecular weight excluding hydrogens is 246 g/mol. The molecular formula is C14H23NO2S. The number of rotatable bonds is 7. The third-order valence-electron chi connectivity index (χ3n) is 2.90. The monoisotopic (exact) mass is 269 g/mol. The number of benzene rings is 1. The summed E-state index contributed by atoms with van der Waals surface area (Å²) in [6, 6.07) is 4.58. The molecule has 0 unspecified atom stereocenters. The van der Waals surface area contributed by atoms with Gasteiger partial charge in [-0.2, -0.15) is 11.8 Å². The second kappa shape index (κ2) is 7.54. The minimum atomic E-state index is 0.507. The van der Waals surface area contributed by atoms with Crippen LogP contribution in [0.15, 0.2) is 12.1 Å². The van der Waals surface area contributed by atoms with Gasteiger partial charge in [0.25, 0.3) is 0 Å². The van der Waals surface area contributed by atoms with Crippen LogP contribution in [0.4, 0.5) is 0 Å². The van der Waals surface area contributed by atoms with E-state index in [1.807, 2.05) is 23.9 Å².